The lowest BCUT2D eigenvalue weighted by Gasteiger charge is -2.75. The third-order valence-electron chi connectivity index (χ3n) is 6.09. The molecule has 0 saturated heterocycles. The van der Waals surface area contributed by atoms with E-state index in [1.165, 1.54) is 0 Å². The zero-order valence-electron chi connectivity index (χ0n) is 14.2. The molecule has 0 spiro atoms. The van der Waals surface area contributed by atoms with Crippen LogP contribution in [0.25, 0.3) is 0 Å². The Bertz CT molecular complexity index is 707. The van der Waals surface area contributed by atoms with Crippen LogP contribution >= 0.6 is 0 Å². The van der Waals surface area contributed by atoms with Crippen molar-refractivity contribution in [1.29, 1.82) is 0 Å². The van der Waals surface area contributed by atoms with Crippen LogP contribution in [0.5, 0.6) is 0 Å². The summed E-state index contributed by atoms with van der Waals surface area (Å²) < 4.78 is 224. The second-order valence-electron chi connectivity index (χ2n) is 7.13. The SMILES string of the molecule is C=COCOCC12C(F)(F)C3(F)C(F)(F)C(F)(C(F)(F)C(F)(C3(F)F)C1(F)F)C2(F)F. The number of ether oxygens (including phenoxy) is 2. The molecule has 0 aromatic carbocycles. The van der Waals surface area contributed by atoms with Crippen LogP contribution < -0.4 is 0 Å². The van der Waals surface area contributed by atoms with E-state index in [0.29, 0.717) is 6.26 Å². The molecule has 4 aliphatic rings. The van der Waals surface area contributed by atoms with E-state index in [0.717, 1.165) is 0 Å². The van der Waals surface area contributed by atoms with E-state index in [1.54, 1.807) is 0 Å². The Labute approximate surface area is 160 Å². The van der Waals surface area contributed by atoms with Crippen molar-refractivity contribution >= 4 is 0 Å². The zero-order valence-corrected chi connectivity index (χ0v) is 14.2. The van der Waals surface area contributed by atoms with E-state index in [4.69, 9.17) is 0 Å². The highest BCUT2D eigenvalue weighted by Crippen LogP contribution is 2.90. The van der Waals surface area contributed by atoms with Crippen molar-refractivity contribution in [1.82, 2.24) is 0 Å². The van der Waals surface area contributed by atoms with Crippen LogP contribution in [0.2, 0.25) is 0 Å². The molecular weight excluding hydrogens is 485 g/mol. The van der Waals surface area contributed by atoms with Gasteiger partial charge in [-0.05, 0) is 0 Å². The number of halogens is 15. The molecule has 0 heterocycles. The fraction of sp³-hybridized carbons (Fsp3) is 0.857. The van der Waals surface area contributed by atoms with Gasteiger partial charge in [0.05, 0.1) is 12.9 Å². The summed E-state index contributed by atoms with van der Waals surface area (Å²) in [4.78, 5) is 0. The van der Waals surface area contributed by atoms with Gasteiger partial charge in [-0.15, -0.1) is 0 Å². The van der Waals surface area contributed by atoms with Crippen molar-refractivity contribution in [2.75, 3.05) is 13.4 Å². The summed E-state index contributed by atoms with van der Waals surface area (Å²) in [5, 5.41) is 0. The van der Waals surface area contributed by atoms with E-state index in [2.05, 4.69) is 16.1 Å². The lowest BCUT2D eigenvalue weighted by atomic mass is 9.36. The van der Waals surface area contributed by atoms with Gasteiger partial charge >= 0.3 is 52.5 Å². The third-order valence-corrected chi connectivity index (χ3v) is 6.09. The van der Waals surface area contributed by atoms with Crippen molar-refractivity contribution < 1.29 is 75.3 Å². The normalized spacial score (nSPS) is 46.5. The maximum Gasteiger partial charge on any atom is 0.339 e. The van der Waals surface area contributed by atoms with E-state index in [9.17, 15) is 65.9 Å². The molecule has 0 unspecified atom stereocenters. The minimum Gasteiger partial charge on any atom is -0.476 e. The number of hydrogen-bond acceptors (Lipinski definition) is 2. The van der Waals surface area contributed by atoms with Gasteiger partial charge in [-0.2, -0.15) is 26.3 Å². The molecule has 0 aliphatic heterocycles. The van der Waals surface area contributed by atoms with Gasteiger partial charge in [0, 0.05) is 0 Å². The maximum absolute atomic E-state index is 14.7. The first-order valence-electron chi connectivity index (χ1n) is 7.70. The van der Waals surface area contributed by atoms with Gasteiger partial charge < -0.3 is 9.47 Å². The molecule has 17 heteroatoms. The quantitative estimate of drug-likeness (QED) is 0.231. The molecule has 4 saturated carbocycles. The summed E-state index contributed by atoms with van der Waals surface area (Å²) in [5.74, 6) is -45.7. The van der Waals surface area contributed by atoms with Crippen LogP contribution in [0.1, 0.15) is 0 Å². The standard InChI is InChI=1S/C14H7F15O2/c1-2-30-4-31-3-5-9(18,19)6(15)12(24,25)7(16,10(5,20)21)14(28,29)8(17,11(5,22)23)13(6,26)27/h2H,1,3-4H2. The monoisotopic (exact) mass is 492 g/mol. The smallest absolute Gasteiger partial charge is 0.339 e. The molecule has 2 nitrogen and oxygen atoms in total. The molecule has 4 aliphatic carbocycles. The van der Waals surface area contributed by atoms with Gasteiger partial charge in [0.1, 0.15) is 0 Å². The Morgan fingerprint density at radius 3 is 1.06 bits per heavy atom. The van der Waals surface area contributed by atoms with E-state index < -0.39 is 71.4 Å². The lowest BCUT2D eigenvalue weighted by molar-refractivity contribution is -0.614. The third kappa shape index (κ3) is 1.55. The molecular formula is C14H7F15O2. The number of rotatable bonds is 5. The van der Waals surface area contributed by atoms with Gasteiger partial charge in [-0.1, -0.05) is 6.58 Å². The number of alkyl halides is 15. The van der Waals surface area contributed by atoms with Crippen LogP contribution in [-0.4, -0.2) is 65.9 Å². The second kappa shape index (κ2) is 5.32. The molecule has 4 fully saturated rings. The highest BCUT2D eigenvalue weighted by molar-refractivity contribution is 5.52. The van der Waals surface area contributed by atoms with Crippen LogP contribution in [0.3, 0.4) is 0 Å². The largest absolute Gasteiger partial charge is 0.476 e. The summed E-state index contributed by atoms with van der Waals surface area (Å²) in [6.45, 7) is -2.15. The summed E-state index contributed by atoms with van der Waals surface area (Å²) in [6, 6.07) is 0. The van der Waals surface area contributed by atoms with Gasteiger partial charge in [0.15, 0.2) is 12.2 Å². The maximum atomic E-state index is 14.7. The minimum atomic E-state index is -7.78. The molecule has 0 aromatic heterocycles. The Kier molecular flexibility index (Phi) is 4.14. The van der Waals surface area contributed by atoms with Crippen molar-refractivity contribution in [3.63, 3.8) is 0 Å². The van der Waals surface area contributed by atoms with Crippen molar-refractivity contribution in [2.24, 2.45) is 5.41 Å². The summed E-state index contributed by atoms with van der Waals surface area (Å²) >= 11 is 0. The molecule has 4 rings (SSSR count). The van der Waals surface area contributed by atoms with Gasteiger partial charge in [0.25, 0.3) is 0 Å². The molecule has 31 heavy (non-hydrogen) atoms. The predicted octanol–water partition coefficient (Wildman–Crippen LogP) is 5.08. The van der Waals surface area contributed by atoms with Gasteiger partial charge in [0.2, 0.25) is 0 Å². The first kappa shape index (κ1) is 24.1. The highest BCUT2D eigenvalue weighted by Gasteiger charge is 3.22. The Balaban J connectivity index is 2.54. The highest BCUT2D eigenvalue weighted by atomic mass is 19.3. The van der Waals surface area contributed by atoms with Crippen molar-refractivity contribution in [2.45, 2.75) is 52.5 Å². The topological polar surface area (TPSA) is 18.5 Å². The fourth-order valence-corrected chi connectivity index (χ4v) is 4.52. The Hall–Kier alpha value is -1.55. The summed E-state index contributed by atoms with van der Waals surface area (Å²) in [5.41, 5.74) is -29.4. The Morgan fingerprint density at radius 1 is 0.516 bits per heavy atom. The second-order valence-corrected chi connectivity index (χ2v) is 7.13. The van der Waals surface area contributed by atoms with Crippen LogP contribution in [0, 0.1) is 5.41 Å². The van der Waals surface area contributed by atoms with E-state index >= 15 is 0 Å². The van der Waals surface area contributed by atoms with Crippen LogP contribution in [0.15, 0.2) is 12.8 Å². The molecule has 0 amide bonds. The molecule has 0 aromatic rings. The number of hydrogen-bond donors (Lipinski definition) is 0. The van der Waals surface area contributed by atoms with Gasteiger partial charge in [-0.3, -0.25) is 0 Å². The average Bonchev–Trinajstić information content (AvgIpc) is 2.61. The molecule has 0 N–H and O–H groups in total. The summed E-state index contributed by atoms with van der Waals surface area (Å²) in [6.07, 6.45) is 0.342. The summed E-state index contributed by atoms with van der Waals surface area (Å²) in [7, 11) is 0. The molecule has 0 radical (unpaired) electrons. The molecule has 180 valence electrons. The van der Waals surface area contributed by atoms with E-state index in [1.807, 2.05) is 0 Å². The average molecular weight is 492 g/mol. The van der Waals surface area contributed by atoms with E-state index in [-0.39, 0.29) is 0 Å². The van der Waals surface area contributed by atoms with Crippen LogP contribution in [-0.2, 0) is 9.47 Å². The Morgan fingerprint density at radius 2 is 0.806 bits per heavy atom. The zero-order chi connectivity index (χ0) is 24.5. The van der Waals surface area contributed by atoms with Crippen molar-refractivity contribution in [3.8, 4) is 0 Å². The first-order chi connectivity index (χ1) is 13.6. The molecule has 0 atom stereocenters. The van der Waals surface area contributed by atoms with Crippen molar-refractivity contribution in [3.05, 3.63) is 12.8 Å². The predicted molar refractivity (Wildman–Crippen MR) is 65.7 cm³/mol. The fourth-order valence-electron chi connectivity index (χ4n) is 4.52. The molecule has 4 bridgehead atoms. The first-order valence-corrected chi connectivity index (χ1v) is 7.70. The van der Waals surface area contributed by atoms with Gasteiger partial charge in [-0.25, -0.2) is 39.5 Å². The lowest BCUT2D eigenvalue weighted by Crippen LogP contribution is -3.08. The van der Waals surface area contributed by atoms with Crippen LogP contribution in [0.4, 0.5) is 65.9 Å². The minimum absolute atomic E-state index is 0.342.